The molecule has 0 bridgehead atoms. The summed E-state index contributed by atoms with van der Waals surface area (Å²) in [4.78, 5) is 19.8. The second-order valence-electron chi connectivity index (χ2n) is 4.36. The number of nitrogens with one attached hydrogen (secondary N) is 2. The average Bonchev–Trinajstić information content (AvgIpc) is 3.09. The van der Waals surface area contributed by atoms with Gasteiger partial charge in [-0.2, -0.15) is 5.10 Å². The summed E-state index contributed by atoms with van der Waals surface area (Å²) in [7, 11) is 0. The van der Waals surface area contributed by atoms with Crippen molar-refractivity contribution in [2.75, 3.05) is 6.61 Å². The Kier molecular flexibility index (Phi) is 3.38. The van der Waals surface area contributed by atoms with Crippen molar-refractivity contribution in [3.05, 3.63) is 42.0 Å². The van der Waals surface area contributed by atoms with Gasteiger partial charge < -0.3 is 10.1 Å². The molecule has 1 amide bonds. The zero-order valence-electron chi connectivity index (χ0n) is 10.4. The molecule has 3 heterocycles. The number of H-pyrrole nitrogens is 1. The molecule has 2 atom stereocenters. The molecular formula is C12H12FN5O2. The molecule has 0 spiro atoms. The summed E-state index contributed by atoms with van der Waals surface area (Å²) in [5, 5.41) is 9.18. The summed E-state index contributed by atoms with van der Waals surface area (Å²) in [5.41, 5.74) is -0.226. The highest BCUT2D eigenvalue weighted by molar-refractivity contribution is 5.92. The van der Waals surface area contributed by atoms with Crippen molar-refractivity contribution in [3.63, 3.8) is 0 Å². The molecule has 104 valence electrons. The van der Waals surface area contributed by atoms with Gasteiger partial charge in [-0.25, -0.2) is 14.4 Å². The average molecular weight is 277 g/mol. The molecule has 2 aromatic rings. The third-order valence-electron chi connectivity index (χ3n) is 3.08. The Morgan fingerprint density at radius 1 is 1.50 bits per heavy atom. The number of pyridine rings is 1. The first kappa shape index (κ1) is 12.7. The minimum Gasteiger partial charge on any atom is -0.368 e. The smallest absolute Gasteiger partial charge is 0.273 e. The molecule has 1 aliphatic heterocycles. The third-order valence-corrected chi connectivity index (χ3v) is 3.08. The van der Waals surface area contributed by atoms with Gasteiger partial charge >= 0.3 is 0 Å². The zero-order chi connectivity index (χ0) is 13.9. The van der Waals surface area contributed by atoms with E-state index >= 15 is 0 Å². The van der Waals surface area contributed by atoms with Gasteiger partial charge in [-0.05, 0) is 18.6 Å². The van der Waals surface area contributed by atoms with Crippen LogP contribution in [0.4, 0.5) is 4.39 Å². The van der Waals surface area contributed by atoms with Crippen LogP contribution in [0.3, 0.4) is 0 Å². The highest BCUT2D eigenvalue weighted by Gasteiger charge is 2.33. The monoisotopic (exact) mass is 277 g/mol. The van der Waals surface area contributed by atoms with E-state index in [-0.39, 0.29) is 11.7 Å². The van der Waals surface area contributed by atoms with E-state index < -0.39 is 17.8 Å². The van der Waals surface area contributed by atoms with E-state index in [1.54, 1.807) is 0 Å². The maximum atomic E-state index is 13.5. The Bertz CT molecular complexity index is 604. The summed E-state index contributed by atoms with van der Waals surface area (Å²) in [6.07, 6.45) is 2.95. The Balaban J connectivity index is 1.74. The van der Waals surface area contributed by atoms with Crippen LogP contribution < -0.4 is 5.32 Å². The minimum atomic E-state index is -0.653. The van der Waals surface area contributed by atoms with Gasteiger partial charge in [0, 0.05) is 12.8 Å². The van der Waals surface area contributed by atoms with Crippen molar-refractivity contribution >= 4 is 5.91 Å². The van der Waals surface area contributed by atoms with Crippen molar-refractivity contribution in [1.82, 2.24) is 25.5 Å². The lowest BCUT2D eigenvalue weighted by molar-refractivity contribution is 0.0786. The summed E-state index contributed by atoms with van der Waals surface area (Å²) < 4.78 is 19.0. The molecule has 2 aromatic heterocycles. The molecule has 0 aliphatic carbocycles. The fraction of sp³-hybridized carbons (Fsp3) is 0.333. The number of ether oxygens (including phenoxy) is 1. The van der Waals surface area contributed by atoms with Crippen LogP contribution in [-0.2, 0) is 4.74 Å². The highest BCUT2D eigenvalue weighted by Crippen LogP contribution is 2.26. The van der Waals surface area contributed by atoms with Crippen molar-refractivity contribution in [2.24, 2.45) is 0 Å². The first-order valence-corrected chi connectivity index (χ1v) is 6.14. The van der Waals surface area contributed by atoms with E-state index in [0.717, 1.165) is 0 Å². The Morgan fingerprint density at radius 3 is 3.15 bits per heavy atom. The lowest BCUT2D eigenvalue weighted by Gasteiger charge is -2.17. The molecule has 0 unspecified atom stereocenters. The molecule has 0 saturated carbocycles. The van der Waals surface area contributed by atoms with E-state index in [9.17, 15) is 9.18 Å². The van der Waals surface area contributed by atoms with Crippen LogP contribution >= 0.6 is 0 Å². The number of rotatable bonds is 3. The van der Waals surface area contributed by atoms with Crippen LogP contribution in [0.5, 0.6) is 0 Å². The molecule has 0 radical (unpaired) electrons. The standard InChI is InChI=1S/C12H12FN5O2/c13-7-2-1-4-14-9(7)12(19)17-8-3-5-20-10(8)11-15-6-16-18-11/h1-2,4,6,8,10H,3,5H2,(H,17,19)(H,15,16,18)/t8-,10+/m0/s1. The minimum absolute atomic E-state index is 0.226. The van der Waals surface area contributed by atoms with Gasteiger partial charge in [-0.1, -0.05) is 0 Å². The highest BCUT2D eigenvalue weighted by atomic mass is 19.1. The van der Waals surface area contributed by atoms with Crippen LogP contribution in [0.15, 0.2) is 24.7 Å². The maximum absolute atomic E-state index is 13.5. The van der Waals surface area contributed by atoms with E-state index in [4.69, 9.17) is 4.74 Å². The van der Waals surface area contributed by atoms with Gasteiger partial charge in [0.2, 0.25) is 0 Å². The fourth-order valence-corrected chi connectivity index (χ4v) is 2.15. The van der Waals surface area contributed by atoms with Crippen LogP contribution in [0.25, 0.3) is 0 Å². The van der Waals surface area contributed by atoms with Crippen LogP contribution in [0, 0.1) is 5.82 Å². The normalized spacial score (nSPS) is 21.9. The summed E-state index contributed by atoms with van der Waals surface area (Å²) in [5.74, 6) is -0.683. The van der Waals surface area contributed by atoms with Gasteiger partial charge in [0.15, 0.2) is 17.3 Å². The molecule has 3 rings (SSSR count). The molecule has 1 fully saturated rings. The predicted octanol–water partition coefficient (Wildman–Crippen LogP) is 0.599. The van der Waals surface area contributed by atoms with Gasteiger partial charge in [-0.3, -0.25) is 9.89 Å². The number of halogens is 1. The number of hydrogen-bond donors (Lipinski definition) is 2. The number of carbonyl (C=O) groups is 1. The molecule has 1 saturated heterocycles. The number of aromatic amines is 1. The lowest BCUT2D eigenvalue weighted by atomic mass is 10.1. The number of aromatic nitrogens is 4. The summed E-state index contributed by atoms with van der Waals surface area (Å²) in [6, 6.07) is 2.33. The molecule has 0 aromatic carbocycles. The molecule has 7 nitrogen and oxygen atoms in total. The number of hydrogen-bond acceptors (Lipinski definition) is 5. The SMILES string of the molecule is O=C(N[C@H]1CCO[C@H]1c1ncn[nH]1)c1ncccc1F. The van der Waals surface area contributed by atoms with Crippen molar-refractivity contribution in [2.45, 2.75) is 18.6 Å². The van der Waals surface area contributed by atoms with Gasteiger partial charge in [0.25, 0.3) is 5.91 Å². The fourth-order valence-electron chi connectivity index (χ4n) is 2.15. The molecule has 8 heteroatoms. The Labute approximate surface area is 113 Å². The van der Waals surface area contributed by atoms with Crippen molar-refractivity contribution < 1.29 is 13.9 Å². The van der Waals surface area contributed by atoms with Gasteiger partial charge in [0.1, 0.15) is 12.4 Å². The number of amides is 1. The maximum Gasteiger partial charge on any atom is 0.273 e. The molecule has 1 aliphatic rings. The topological polar surface area (TPSA) is 92.8 Å². The van der Waals surface area contributed by atoms with Crippen molar-refractivity contribution in [1.29, 1.82) is 0 Å². The Morgan fingerprint density at radius 2 is 2.40 bits per heavy atom. The predicted molar refractivity (Wildman–Crippen MR) is 65.1 cm³/mol. The van der Waals surface area contributed by atoms with E-state index in [1.165, 1.54) is 24.7 Å². The van der Waals surface area contributed by atoms with E-state index in [0.29, 0.717) is 18.9 Å². The first-order valence-electron chi connectivity index (χ1n) is 6.14. The third kappa shape index (κ3) is 2.37. The first-order chi connectivity index (χ1) is 9.75. The molecular weight excluding hydrogens is 265 g/mol. The lowest BCUT2D eigenvalue weighted by Crippen LogP contribution is -2.38. The molecule has 2 N–H and O–H groups in total. The van der Waals surface area contributed by atoms with Crippen molar-refractivity contribution in [3.8, 4) is 0 Å². The zero-order valence-corrected chi connectivity index (χ0v) is 10.4. The molecule has 20 heavy (non-hydrogen) atoms. The van der Waals surface area contributed by atoms with Gasteiger partial charge in [0.05, 0.1) is 6.04 Å². The number of carbonyl (C=O) groups excluding carboxylic acids is 1. The quantitative estimate of drug-likeness (QED) is 0.857. The number of nitrogens with zero attached hydrogens (tertiary/aromatic N) is 3. The van der Waals surface area contributed by atoms with Gasteiger partial charge in [-0.15, -0.1) is 0 Å². The summed E-state index contributed by atoms with van der Waals surface area (Å²) >= 11 is 0. The second-order valence-corrected chi connectivity index (χ2v) is 4.36. The van der Waals surface area contributed by atoms with Crippen LogP contribution in [0.1, 0.15) is 28.8 Å². The second kappa shape index (κ2) is 5.33. The van der Waals surface area contributed by atoms with Crippen LogP contribution in [0.2, 0.25) is 0 Å². The largest absolute Gasteiger partial charge is 0.368 e. The summed E-state index contributed by atoms with van der Waals surface area (Å²) in [6.45, 7) is 0.487. The Hall–Kier alpha value is -2.35. The van der Waals surface area contributed by atoms with E-state index in [1.807, 2.05) is 0 Å². The van der Waals surface area contributed by atoms with Crippen LogP contribution in [-0.4, -0.2) is 38.7 Å². The van der Waals surface area contributed by atoms with E-state index in [2.05, 4.69) is 25.5 Å².